The Morgan fingerprint density at radius 2 is 2.00 bits per heavy atom. The molecule has 0 aliphatic carbocycles. The van der Waals surface area contributed by atoms with Crippen LogP contribution in [0.25, 0.3) is 10.9 Å². The highest BCUT2D eigenvalue weighted by atomic mass is 16.2. The predicted molar refractivity (Wildman–Crippen MR) is 105 cm³/mol. The number of nitrogens with zero attached hydrogens (tertiary/aromatic N) is 3. The van der Waals surface area contributed by atoms with Crippen molar-refractivity contribution in [3.8, 4) is 6.07 Å². The van der Waals surface area contributed by atoms with Gasteiger partial charge in [0.1, 0.15) is 11.8 Å². The van der Waals surface area contributed by atoms with Gasteiger partial charge in [-0.3, -0.25) is 9.59 Å². The lowest BCUT2D eigenvalue weighted by molar-refractivity contribution is 0.102. The molecule has 0 saturated carbocycles. The van der Waals surface area contributed by atoms with Crippen LogP contribution in [0, 0.1) is 11.3 Å². The van der Waals surface area contributed by atoms with E-state index in [9.17, 15) is 14.9 Å². The summed E-state index contributed by atoms with van der Waals surface area (Å²) in [5.41, 5.74) is 2.69. The molecular formula is C21H15N5O2. The molecule has 28 heavy (non-hydrogen) atoms. The summed E-state index contributed by atoms with van der Waals surface area (Å²) in [6.07, 6.45) is 2.99. The number of aromatic nitrogens is 3. The Morgan fingerprint density at radius 1 is 1.18 bits per heavy atom. The highest BCUT2D eigenvalue weighted by Crippen LogP contribution is 2.25. The van der Waals surface area contributed by atoms with Crippen LogP contribution in [0.15, 0.2) is 71.9 Å². The molecule has 0 aliphatic heterocycles. The molecule has 4 rings (SSSR count). The first-order valence-electron chi connectivity index (χ1n) is 8.57. The highest BCUT2D eigenvalue weighted by molar-refractivity contribution is 6.04. The number of hydrogen-bond donors (Lipinski definition) is 2. The van der Waals surface area contributed by atoms with Crippen LogP contribution in [0.3, 0.4) is 0 Å². The number of fused-ring (bicyclic) bond motifs is 1. The lowest BCUT2D eigenvalue weighted by Gasteiger charge is -2.07. The summed E-state index contributed by atoms with van der Waals surface area (Å²) >= 11 is 0. The standard InChI is InChI=1S/C21H15N5O2/c22-10-15-12-26(11-14-4-2-1-3-5-14)19-7-6-16(8-17(15)19)25-21(28)18-9-20(27)24-13-23-18/h1-9,12-13H,11H2,(H,25,28)(H,23,24,27). The van der Waals surface area contributed by atoms with Crippen LogP contribution >= 0.6 is 0 Å². The summed E-state index contributed by atoms with van der Waals surface area (Å²) in [5.74, 6) is -0.493. The van der Waals surface area contributed by atoms with Crippen molar-refractivity contribution in [2.45, 2.75) is 6.54 Å². The van der Waals surface area contributed by atoms with E-state index in [4.69, 9.17) is 0 Å². The van der Waals surface area contributed by atoms with Crippen molar-refractivity contribution < 1.29 is 4.79 Å². The number of anilines is 1. The fraction of sp³-hybridized carbons (Fsp3) is 0.0476. The number of benzene rings is 2. The Hall–Kier alpha value is -4.18. The van der Waals surface area contributed by atoms with E-state index < -0.39 is 11.5 Å². The Bertz CT molecular complexity index is 1270. The predicted octanol–water partition coefficient (Wildman–Crippen LogP) is 2.90. The van der Waals surface area contributed by atoms with Gasteiger partial charge in [-0.1, -0.05) is 30.3 Å². The molecule has 0 radical (unpaired) electrons. The Balaban J connectivity index is 1.66. The quantitative estimate of drug-likeness (QED) is 0.577. The van der Waals surface area contributed by atoms with Crippen molar-refractivity contribution in [3.63, 3.8) is 0 Å². The third kappa shape index (κ3) is 3.39. The number of H-pyrrole nitrogens is 1. The largest absolute Gasteiger partial charge is 0.342 e. The van der Waals surface area contributed by atoms with Gasteiger partial charge in [0.05, 0.1) is 11.9 Å². The zero-order valence-electron chi connectivity index (χ0n) is 14.7. The minimum Gasteiger partial charge on any atom is -0.342 e. The fourth-order valence-electron chi connectivity index (χ4n) is 3.06. The van der Waals surface area contributed by atoms with Crippen LogP contribution in [0.2, 0.25) is 0 Å². The maximum Gasteiger partial charge on any atom is 0.274 e. The average Bonchev–Trinajstić information content (AvgIpc) is 3.05. The summed E-state index contributed by atoms with van der Waals surface area (Å²) < 4.78 is 2.01. The molecule has 0 aliphatic rings. The maximum atomic E-state index is 12.3. The molecule has 0 bridgehead atoms. The molecule has 4 aromatic rings. The van der Waals surface area contributed by atoms with Gasteiger partial charge in [0, 0.05) is 35.4 Å². The third-order valence-corrected chi connectivity index (χ3v) is 4.37. The summed E-state index contributed by atoms with van der Waals surface area (Å²) in [6.45, 7) is 0.640. The molecule has 0 fully saturated rings. The van der Waals surface area contributed by atoms with Gasteiger partial charge in [0.2, 0.25) is 0 Å². The maximum absolute atomic E-state index is 12.3. The Kier molecular flexibility index (Phi) is 4.44. The van der Waals surface area contributed by atoms with E-state index in [-0.39, 0.29) is 5.69 Å². The van der Waals surface area contributed by atoms with Crippen LogP contribution < -0.4 is 10.9 Å². The SMILES string of the molecule is N#Cc1cn(Cc2ccccc2)c2ccc(NC(=O)c3cc(=O)[nH]cn3)cc12. The molecule has 7 nitrogen and oxygen atoms in total. The van der Waals surface area contributed by atoms with E-state index in [1.807, 2.05) is 47.2 Å². The molecule has 136 valence electrons. The minimum absolute atomic E-state index is 0.0194. The molecule has 7 heteroatoms. The topological polar surface area (TPSA) is 104 Å². The molecular weight excluding hydrogens is 354 g/mol. The van der Waals surface area contributed by atoms with Crippen LogP contribution in [0.1, 0.15) is 21.6 Å². The first kappa shape index (κ1) is 17.2. The van der Waals surface area contributed by atoms with E-state index >= 15 is 0 Å². The zero-order valence-corrected chi connectivity index (χ0v) is 14.7. The van der Waals surface area contributed by atoms with E-state index in [0.29, 0.717) is 17.8 Å². The summed E-state index contributed by atoms with van der Waals surface area (Å²) in [6, 6.07) is 18.7. The van der Waals surface area contributed by atoms with Gasteiger partial charge in [0.15, 0.2) is 0 Å². The van der Waals surface area contributed by atoms with Gasteiger partial charge in [-0.2, -0.15) is 5.26 Å². The second kappa shape index (κ2) is 7.21. The number of aromatic amines is 1. The number of nitriles is 1. The van der Waals surface area contributed by atoms with Crippen LogP contribution in [0.4, 0.5) is 5.69 Å². The molecule has 2 aromatic heterocycles. The Labute approximate surface area is 159 Å². The molecule has 0 atom stereocenters. The van der Waals surface area contributed by atoms with Crippen molar-refractivity contribution >= 4 is 22.5 Å². The van der Waals surface area contributed by atoms with E-state index in [2.05, 4.69) is 21.4 Å². The molecule has 0 spiro atoms. The summed E-state index contributed by atoms with van der Waals surface area (Å²) in [7, 11) is 0. The number of carbonyl (C=O) groups is 1. The summed E-state index contributed by atoms with van der Waals surface area (Å²) in [5, 5.41) is 13.0. The lowest BCUT2D eigenvalue weighted by Crippen LogP contribution is -2.17. The first-order valence-corrected chi connectivity index (χ1v) is 8.57. The number of hydrogen-bond acceptors (Lipinski definition) is 4. The highest BCUT2D eigenvalue weighted by Gasteiger charge is 2.12. The van der Waals surface area contributed by atoms with Gasteiger partial charge in [-0.05, 0) is 23.8 Å². The van der Waals surface area contributed by atoms with Gasteiger partial charge in [-0.25, -0.2) is 4.98 Å². The van der Waals surface area contributed by atoms with E-state index in [0.717, 1.165) is 22.5 Å². The molecule has 1 amide bonds. The molecule has 2 aromatic carbocycles. The number of nitrogens with one attached hydrogen (secondary N) is 2. The van der Waals surface area contributed by atoms with Crippen LogP contribution in [-0.4, -0.2) is 20.4 Å². The molecule has 2 heterocycles. The Morgan fingerprint density at radius 3 is 2.75 bits per heavy atom. The molecule has 0 unspecified atom stereocenters. The molecule has 0 saturated heterocycles. The van der Waals surface area contributed by atoms with Crippen molar-refractivity contribution in [1.82, 2.24) is 14.5 Å². The van der Waals surface area contributed by atoms with Crippen LogP contribution in [-0.2, 0) is 6.54 Å². The van der Waals surface area contributed by atoms with Gasteiger partial charge >= 0.3 is 0 Å². The van der Waals surface area contributed by atoms with E-state index in [1.54, 1.807) is 12.1 Å². The third-order valence-electron chi connectivity index (χ3n) is 4.37. The smallest absolute Gasteiger partial charge is 0.274 e. The van der Waals surface area contributed by atoms with Crippen molar-refractivity contribution in [2.75, 3.05) is 5.32 Å². The second-order valence-corrected chi connectivity index (χ2v) is 6.25. The monoisotopic (exact) mass is 369 g/mol. The van der Waals surface area contributed by atoms with Crippen molar-refractivity contribution in [1.29, 1.82) is 5.26 Å². The number of rotatable bonds is 4. The van der Waals surface area contributed by atoms with Gasteiger partial charge < -0.3 is 14.9 Å². The van der Waals surface area contributed by atoms with Crippen molar-refractivity contribution in [3.05, 3.63) is 94.3 Å². The zero-order chi connectivity index (χ0) is 19.5. The normalized spacial score (nSPS) is 10.5. The molecule has 2 N–H and O–H groups in total. The minimum atomic E-state index is -0.493. The van der Waals surface area contributed by atoms with Gasteiger partial charge in [0.25, 0.3) is 11.5 Å². The second-order valence-electron chi connectivity index (χ2n) is 6.25. The first-order chi connectivity index (χ1) is 13.6. The average molecular weight is 369 g/mol. The number of carbonyl (C=O) groups excluding carboxylic acids is 1. The fourth-order valence-corrected chi connectivity index (χ4v) is 3.06. The van der Waals surface area contributed by atoms with E-state index in [1.165, 1.54) is 6.33 Å². The van der Waals surface area contributed by atoms with Crippen LogP contribution in [0.5, 0.6) is 0 Å². The number of amides is 1. The lowest BCUT2D eigenvalue weighted by atomic mass is 10.1. The van der Waals surface area contributed by atoms with Gasteiger partial charge in [-0.15, -0.1) is 0 Å². The van der Waals surface area contributed by atoms with Crippen molar-refractivity contribution in [2.24, 2.45) is 0 Å². The summed E-state index contributed by atoms with van der Waals surface area (Å²) in [4.78, 5) is 29.9.